The Balaban J connectivity index is 1.65. The summed E-state index contributed by atoms with van der Waals surface area (Å²) in [6.07, 6.45) is 3.07. The number of benzene rings is 1. The SMILES string of the molecule is O=C1C(NC2CC2)CCN1c1ccc(OC(F)F)cc1. The van der Waals surface area contributed by atoms with Gasteiger partial charge in [-0.25, -0.2) is 0 Å². The van der Waals surface area contributed by atoms with E-state index in [2.05, 4.69) is 10.1 Å². The molecule has 1 N–H and O–H groups in total. The molecule has 6 heteroatoms. The van der Waals surface area contributed by atoms with Crippen molar-refractivity contribution in [3.63, 3.8) is 0 Å². The zero-order valence-corrected chi connectivity index (χ0v) is 10.9. The van der Waals surface area contributed by atoms with Gasteiger partial charge in [0.2, 0.25) is 5.91 Å². The fourth-order valence-electron chi connectivity index (χ4n) is 2.43. The molecule has 1 saturated carbocycles. The van der Waals surface area contributed by atoms with Crippen LogP contribution in [-0.4, -0.2) is 31.1 Å². The van der Waals surface area contributed by atoms with Crippen LogP contribution in [0, 0.1) is 0 Å². The largest absolute Gasteiger partial charge is 0.435 e. The molecule has 2 aliphatic rings. The first kappa shape index (κ1) is 13.3. The molecule has 1 heterocycles. The van der Waals surface area contributed by atoms with Crippen LogP contribution in [-0.2, 0) is 4.79 Å². The molecule has 0 radical (unpaired) electrons. The van der Waals surface area contributed by atoms with Crippen LogP contribution >= 0.6 is 0 Å². The van der Waals surface area contributed by atoms with Crippen molar-refractivity contribution in [3.05, 3.63) is 24.3 Å². The van der Waals surface area contributed by atoms with Crippen molar-refractivity contribution in [1.82, 2.24) is 5.32 Å². The molecule has 3 rings (SSSR count). The number of amides is 1. The minimum absolute atomic E-state index is 0.0550. The van der Waals surface area contributed by atoms with Gasteiger partial charge in [-0.1, -0.05) is 0 Å². The van der Waals surface area contributed by atoms with E-state index in [1.807, 2.05) is 0 Å². The Morgan fingerprint density at radius 2 is 1.90 bits per heavy atom. The van der Waals surface area contributed by atoms with E-state index in [1.54, 1.807) is 17.0 Å². The molecule has 0 spiro atoms. The molecule has 1 aliphatic carbocycles. The number of carbonyl (C=O) groups excluding carboxylic acids is 1. The van der Waals surface area contributed by atoms with Crippen LogP contribution in [0.3, 0.4) is 0 Å². The number of halogens is 2. The van der Waals surface area contributed by atoms with Crippen LogP contribution in [0.4, 0.5) is 14.5 Å². The highest BCUT2D eigenvalue weighted by Gasteiger charge is 2.36. The molecule has 0 aromatic heterocycles. The zero-order valence-electron chi connectivity index (χ0n) is 10.9. The first-order valence-electron chi connectivity index (χ1n) is 6.76. The second-order valence-corrected chi connectivity index (χ2v) is 5.14. The Hall–Kier alpha value is -1.69. The van der Waals surface area contributed by atoms with Crippen molar-refractivity contribution in [2.75, 3.05) is 11.4 Å². The van der Waals surface area contributed by atoms with E-state index < -0.39 is 6.61 Å². The molecule has 0 bridgehead atoms. The van der Waals surface area contributed by atoms with E-state index in [0.29, 0.717) is 12.6 Å². The third-order valence-electron chi connectivity index (χ3n) is 3.59. The van der Waals surface area contributed by atoms with Gasteiger partial charge in [0.05, 0.1) is 6.04 Å². The lowest BCUT2D eigenvalue weighted by Gasteiger charge is -2.17. The number of anilines is 1. The van der Waals surface area contributed by atoms with Gasteiger partial charge in [0.15, 0.2) is 0 Å². The average molecular weight is 282 g/mol. The van der Waals surface area contributed by atoms with Crippen LogP contribution in [0.1, 0.15) is 19.3 Å². The number of nitrogens with zero attached hydrogens (tertiary/aromatic N) is 1. The molecular formula is C14H16F2N2O2. The highest BCUT2D eigenvalue weighted by molar-refractivity contribution is 5.99. The summed E-state index contributed by atoms with van der Waals surface area (Å²) in [7, 11) is 0. The van der Waals surface area contributed by atoms with Gasteiger partial charge in [0, 0.05) is 18.3 Å². The van der Waals surface area contributed by atoms with Gasteiger partial charge in [-0.3, -0.25) is 4.79 Å². The van der Waals surface area contributed by atoms with Crippen molar-refractivity contribution in [2.45, 2.75) is 38.0 Å². The molecule has 1 saturated heterocycles. The lowest BCUT2D eigenvalue weighted by molar-refractivity contribution is -0.118. The number of rotatable bonds is 5. The van der Waals surface area contributed by atoms with E-state index in [-0.39, 0.29) is 17.7 Å². The maximum atomic E-state index is 12.2. The van der Waals surface area contributed by atoms with E-state index in [4.69, 9.17) is 0 Å². The first-order valence-corrected chi connectivity index (χ1v) is 6.76. The number of nitrogens with one attached hydrogen (secondary N) is 1. The lowest BCUT2D eigenvalue weighted by Crippen LogP contribution is -2.39. The summed E-state index contributed by atoms with van der Waals surface area (Å²) in [6, 6.07) is 6.56. The van der Waals surface area contributed by atoms with E-state index >= 15 is 0 Å². The number of alkyl halides is 2. The second-order valence-electron chi connectivity index (χ2n) is 5.14. The Morgan fingerprint density at radius 1 is 1.20 bits per heavy atom. The molecule has 108 valence electrons. The zero-order chi connectivity index (χ0) is 14.1. The Labute approximate surface area is 115 Å². The van der Waals surface area contributed by atoms with Crippen LogP contribution in [0.5, 0.6) is 5.75 Å². The third-order valence-corrected chi connectivity index (χ3v) is 3.59. The molecular weight excluding hydrogens is 266 g/mol. The number of ether oxygens (including phenoxy) is 1. The monoisotopic (exact) mass is 282 g/mol. The molecule has 1 unspecified atom stereocenters. The van der Waals surface area contributed by atoms with Gasteiger partial charge in [-0.15, -0.1) is 0 Å². The van der Waals surface area contributed by atoms with Crippen molar-refractivity contribution in [3.8, 4) is 5.75 Å². The van der Waals surface area contributed by atoms with Gasteiger partial charge >= 0.3 is 6.61 Å². The molecule has 1 amide bonds. The number of hydrogen-bond donors (Lipinski definition) is 1. The fraction of sp³-hybridized carbons (Fsp3) is 0.500. The summed E-state index contributed by atoms with van der Waals surface area (Å²) >= 11 is 0. The van der Waals surface area contributed by atoms with Crippen molar-refractivity contribution in [2.24, 2.45) is 0 Å². The molecule has 1 atom stereocenters. The summed E-state index contributed by atoms with van der Waals surface area (Å²) in [4.78, 5) is 13.9. The summed E-state index contributed by atoms with van der Waals surface area (Å²) in [5.41, 5.74) is 0.719. The standard InChI is InChI=1S/C14H16F2N2O2/c15-14(16)20-11-5-3-10(4-6-11)18-8-7-12(13(18)19)17-9-1-2-9/h3-6,9,12,14,17H,1-2,7-8H2. The molecule has 1 aliphatic heterocycles. The normalized spacial score (nSPS) is 22.6. The number of hydrogen-bond acceptors (Lipinski definition) is 3. The first-order chi connectivity index (χ1) is 9.63. The van der Waals surface area contributed by atoms with Crippen LogP contribution in [0.15, 0.2) is 24.3 Å². The second kappa shape index (κ2) is 5.36. The molecule has 2 fully saturated rings. The van der Waals surface area contributed by atoms with Gasteiger partial charge in [0.25, 0.3) is 0 Å². The van der Waals surface area contributed by atoms with Gasteiger partial charge in [-0.05, 0) is 43.5 Å². The van der Waals surface area contributed by atoms with E-state index in [9.17, 15) is 13.6 Å². The topological polar surface area (TPSA) is 41.6 Å². The third kappa shape index (κ3) is 2.90. The fourth-order valence-corrected chi connectivity index (χ4v) is 2.43. The minimum atomic E-state index is -2.83. The highest BCUT2D eigenvalue weighted by atomic mass is 19.3. The Morgan fingerprint density at radius 3 is 2.50 bits per heavy atom. The summed E-state index contributed by atoms with van der Waals surface area (Å²) in [6.45, 7) is -2.18. The van der Waals surface area contributed by atoms with Crippen LogP contribution in [0.25, 0.3) is 0 Å². The summed E-state index contributed by atoms with van der Waals surface area (Å²) in [5.74, 6) is 0.155. The van der Waals surface area contributed by atoms with Gasteiger partial charge < -0.3 is 15.0 Å². The summed E-state index contributed by atoms with van der Waals surface area (Å²) in [5, 5.41) is 3.32. The summed E-state index contributed by atoms with van der Waals surface area (Å²) < 4.78 is 28.4. The predicted octanol–water partition coefficient (Wildman–Crippen LogP) is 2.15. The van der Waals surface area contributed by atoms with Crippen LogP contribution < -0.4 is 15.0 Å². The maximum Gasteiger partial charge on any atom is 0.387 e. The van der Waals surface area contributed by atoms with Crippen molar-refractivity contribution in [1.29, 1.82) is 0 Å². The molecule has 4 nitrogen and oxygen atoms in total. The lowest BCUT2D eigenvalue weighted by atomic mass is 10.2. The number of carbonyl (C=O) groups is 1. The van der Waals surface area contributed by atoms with Crippen LogP contribution in [0.2, 0.25) is 0 Å². The highest BCUT2D eigenvalue weighted by Crippen LogP contribution is 2.27. The quantitative estimate of drug-likeness (QED) is 0.899. The van der Waals surface area contributed by atoms with Crippen molar-refractivity contribution >= 4 is 11.6 Å². The van der Waals surface area contributed by atoms with Gasteiger partial charge in [-0.2, -0.15) is 8.78 Å². The van der Waals surface area contributed by atoms with E-state index in [0.717, 1.165) is 24.9 Å². The Kier molecular flexibility index (Phi) is 3.56. The molecule has 20 heavy (non-hydrogen) atoms. The van der Waals surface area contributed by atoms with Crippen molar-refractivity contribution < 1.29 is 18.3 Å². The minimum Gasteiger partial charge on any atom is -0.435 e. The molecule has 1 aromatic rings. The predicted molar refractivity (Wildman–Crippen MR) is 70.0 cm³/mol. The molecule has 1 aromatic carbocycles. The average Bonchev–Trinajstić information content (AvgIpc) is 3.15. The van der Waals surface area contributed by atoms with Gasteiger partial charge in [0.1, 0.15) is 5.75 Å². The smallest absolute Gasteiger partial charge is 0.387 e. The maximum absolute atomic E-state index is 12.2. The van der Waals surface area contributed by atoms with E-state index in [1.165, 1.54) is 12.1 Å². The Bertz CT molecular complexity index is 488.